The summed E-state index contributed by atoms with van der Waals surface area (Å²) in [6, 6.07) is 9.82. The predicted molar refractivity (Wildman–Crippen MR) is 86.8 cm³/mol. The van der Waals surface area contributed by atoms with E-state index in [9.17, 15) is 4.79 Å². The highest BCUT2D eigenvalue weighted by Gasteiger charge is 2.29. The molecule has 0 bridgehead atoms. The second kappa shape index (κ2) is 7.60. The fourth-order valence-electron chi connectivity index (χ4n) is 3.39. The van der Waals surface area contributed by atoms with Crippen LogP contribution in [0.15, 0.2) is 30.3 Å². The summed E-state index contributed by atoms with van der Waals surface area (Å²) in [6.07, 6.45) is 5.41. The first kappa shape index (κ1) is 16.0. The molecular weight excluding hydrogens is 260 g/mol. The van der Waals surface area contributed by atoms with E-state index in [1.807, 2.05) is 30.3 Å². The molecule has 0 aliphatic heterocycles. The molecule has 0 spiro atoms. The lowest BCUT2D eigenvalue weighted by molar-refractivity contribution is -0.123. The second-order valence-electron chi connectivity index (χ2n) is 6.60. The van der Waals surface area contributed by atoms with E-state index in [0.29, 0.717) is 24.3 Å². The maximum Gasteiger partial charge on any atom is 0.237 e. The highest BCUT2D eigenvalue weighted by atomic mass is 16.2. The van der Waals surface area contributed by atoms with E-state index in [1.54, 1.807) is 0 Å². The van der Waals surface area contributed by atoms with Crippen LogP contribution in [0.1, 0.15) is 45.1 Å². The molecule has 21 heavy (non-hydrogen) atoms. The van der Waals surface area contributed by atoms with E-state index >= 15 is 0 Å². The minimum atomic E-state index is -0.456. The van der Waals surface area contributed by atoms with Gasteiger partial charge in [0.15, 0.2) is 0 Å². The Morgan fingerprint density at radius 3 is 2.57 bits per heavy atom. The topological polar surface area (TPSA) is 55.1 Å². The number of amides is 1. The number of hydrogen-bond donors (Lipinski definition) is 2. The number of benzene rings is 1. The molecule has 3 N–H and O–H groups in total. The predicted octanol–water partition coefficient (Wildman–Crippen LogP) is 2.89. The molecule has 1 fully saturated rings. The van der Waals surface area contributed by atoms with Gasteiger partial charge in [-0.3, -0.25) is 4.79 Å². The van der Waals surface area contributed by atoms with Gasteiger partial charge in [0.1, 0.15) is 0 Å². The summed E-state index contributed by atoms with van der Waals surface area (Å²) in [6.45, 7) is 4.50. The van der Waals surface area contributed by atoms with Gasteiger partial charge < -0.3 is 11.1 Å². The average molecular weight is 288 g/mol. The summed E-state index contributed by atoms with van der Waals surface area (Å²) in [5.41, 5.74) is 7.19. The van der Waals surface area contributed by atoms with Crippen LogP contribution in [0.5, 0.6) is 0 Å². The Kier molecular flexibility index (Phi) is 5.80. The fraction of sp³-hybridized carbons (Fsp3) is 0.611. The number of nitrogens with two attached hydrogens (primary N) is 1. The fourth-order valence-corrected chi connectivity index (χ4v) is 3.39. The molecule has 1 aliphatic carbocycles. The van der Waals surface area contributed by atoms with Crippen LogP contribution in [-0.4, -0.2) is 18.0 Å². The molecule has 1 aromatic rings. The normalized spacial score (nSPS) is 23.8. The highest BCUT2D eigenvalue weighted by Crippen LogP contribution is 2.30. The van der Waals surface area contributed by atoms with Gasteiger partial charge in [-0.2, -0.15) is 0 Å². The van der Waals surface area contributed by atoms with Crippen LogP contribution < -0.4 is 11.1 Å². The largest absolute Gasteiger partial charge is 0.352 e. The van der Waals surface area contributed by atoms with Crippen molar-refractivity contribution >= 4 is 5.91 Å². The number of rotatable bonds is 5. The zero-order valence-corrected chi connectivity index (χ0v) is 13.2. The molecule has 0 heterocycles. The van der Waals surface area contributed by atoms with Gasteiger partial charge in [-0.05, 0) is 36.7 Å². The molecule has 0 aromatic heterocycles. The van der Waals surface area contributed by atoms with Gasteiger partial charge in [-0.1, -0.05) is 57.0 Å². The van der Waals surface area contributed by atoms with Crippen LogP contribution >= 0.6 is 0 Å². The molecule has 0 radical (unpaired) electrons. The monoisotopic (exact) mass is 288 g/mol. The van der Waals surface area contributed by atoms with Crippen LogP contribution in [0.3, 0.4) is 0 Å². The summed E-state index contributed by atoms with van der Waals surface area (Å²) < 4.78 is 0. The Hall–Kier alpha value is -1.35. The minimum Gasteiger partial charge on any atom is -0.352 e. The van der Waals surface area contributed by atoms with E-state index < -0.39 is 6.04 Å². The molecule has 2 rings (SSSR count). The van der Waals surface area contributed by atoms with Crippen molar-refractivity contribution in [3.8, 4) is 0 Å². The first-order chi connectivity index (χ1) is 10.1. The van der Waals surface area contributed by atoms with Crippen LogP contribution in [-0.2, 0) is 11.2 Å². The van der Waals surface area contributed by atoms with Crippen molar-refractivity contribution in [1.82, 2.24) is 5.32 Å². The second-order valence-corrected chi connectivity index (χ2v) is 6.60. The lowest BCUT2D eigenvalue weighted by atomic mass is 9.77. The lowest BCUT2D eigenvalue weighted by Gasteiger charge is -2.35. The van der Waals surface area contributed by atoms with E-state index in [4.69, 9.17) is 5.73 Å². The van der Waals surface area contributed by atoms with Crippen LogP contribution in [0.4, 0.5) is 0 Å². The molecule has 116 valence electrons. The van der Waals surface area contributed by atoms with Crippen LogP contribution in [0, 0.1) is 11.8 Å². The van der Waals surface area contributed by atoms with Gasteiger partial charge in [0.2, 0.25) is 5.91 Å². The smallest absolute Gasteiger partial charge is 0.237 e. The Balaban J connectivity index is 1.90. The van der Waals surface area contributed by atoms with Crippen LogP contribution in [0.2, 0.25) is 0 Å². The van der Waals surface area contributed by atoms with Crippen molar-refractivity contribution in [2.75, 3.05) is 0 Å². The minimum absolute atomic E-state index is 0.00333. The van der Waals surface area contributed by atoms with Gasteiger partial charge in [-0.15, -0.1) is 0 Å². The molecule has 0 saturated heterocycles. The summed E-state index contributed by atoms with van der Waals surface area (Å²) in [5.74, 6) is 1.20. The summed E-state index contributed by atoms with van der Waals surface area (Å²) in [5, 5.41) is 3.21. The summed E-state index contributed by atoms with van der Waals surface area (Å²) in [7, 11) is 0. The third kappa shape index (κ3) is 4.57. The number of nitrogens with one attached hydrogen (secondary N) is 1. The van der Waals surface area contributed by atoms with Crippen molar-refractivity contribution in [2.45, 2.75) is 58.0 Å². The quantitative estimate of drug-likeness (QED) is 0.875. The van der Waals surface area contributed by atoms with Gasteiger partial charge in [0, 0.05) is 6.04 Å². The zero-order chi connectivity index (χ0) is 15.2. The van der Waals surface area contributed by atoms with E-state index in [1.165, 1.54) is 19.3 Å². The summed E-state index contributed by atoms with van der Waals surface area (Å²) >= 11 is 0. The maximum atomic E-state index is 12.3. The van der Waals surface area contributed by atoms with Crippen molar-refractivity contribution in [1.29, 1.82) is 0 Å². The average Bonchev–Trinajstić information content (AvgIpc) is 2.48. The number of hydrogen-bond acceptors (Lipinski definition) is 2. The van der Waals surface area contributed by atoms with Crippen molar-refractivity contribution < 1.29 is 4.79 Å². The summed E-state index contributed by atoms with van der Waals surface area (Å²) in [4.78, 5) is 12.3. The van der Waals surface area contributed by atoms with Crippen molar-refractivity contribution in [2.24, 2.45) is 17.6 Å². The molecular formula is C18H28N2O. The third-order valence-corrected chi connectivity index (χ3v) is 4.64. The maximum absolute atomic E-state index is 12.3. The molecule has 1 aliphatic rings. The van der Waals surface area contributed by atoms with Gasteiger partial charge in [0.05, 0.1) is 6.04 Å². The molecule has 3 heteroatoms. The molecule has 1 saturated carbocycles. The lowest BCUT2D eigenvalue weighted by Crippen LogP contribution is -2.50. The molecule has 3 unspecified atom stereocenters. The molecule has 1 aromatic carbocycles. The molecule has 1 amide bonds. The third-order valence-electron chi connectivity index (χ3n) is 4.64. The van der Waals surface area contributed by atoms with Crippen molar-refractivity contribution in [3.63, 3.8) is 0 Å². The van der Waals surface area contributed by atoms with E-state index in [2.05, 4.69) is 19.2 Å². The molecule has 3 atom stereocenters. The zero-order valence-electron chi connectivity index (χ0n) is 13.2. The van der Waals surface area contributed by atoms with E-state index in [0.717, 1.165) is 12.0 Å². The van der Waals surface area contributed by atoms with E-state index in [-0.39, 0.29) is 5.91 Å². The van der Waals surface area contributed by atoms with Gasteiger partial charge in [0.25, 0.3) is 0 Å². The molecule has 3 nitrogen and oxygen atoms in total. The first-order valence-corrected chi connectivity index (χ1v) is 8.18. The van der Waals surface area contributed by atoms with Gasteiger partial charge in [-0.25, -0.2) is 0 Å². The Morgan fingerprint density at radius 2 is 1.90 bits per heavy atom. The first-order valence-electron chi connectivity index (χ1n) is 8.18. The Bertz CT molecular complexity index is 444. The number of carbonyl (C=O) groups is 1. The van der Waals surface area contributed by atoms with Crippen molar-refractivity contribution in [3.05, 3.63) is 35.9 Å². The SMILES string of the molecule is CC(C)C1CCCCC1NC(=O)C(N)Cc1ccccc1. The van der Waals surface area contributed by atoms with Crippen LogP contribution in [0.25, 0.3) is 0 Å². The standard InChI is InChI=1S/C18H28N2O/c1-13(2)15-10-6-7-11-17(15)20-18(21)16(19)12-14-8-4-3-5-9-14/h3-5,8-9,13,15-17H,6-7,10-12,19H2,1-2H3,(H,20,21). The Morgan fingerprint density at radius 1 is 1.24 bits per heavy atom. The number of carbonyl (C=O) groups excluding carboxylic acids is 1. The van der Waals surface area contributed by atoms with Gasteiger partial charge >= 0.3 is 0 Å². The highest BCUT2D eigenvalue weighted by molar-refractivity contribution is 5.82. The Labute approximate surface area is 128 Å².